The highest BCUT2D eigenvalue weighted by atomic mass is 16.2. The molecule has 118 valence electrons. The van der Waals surface area contributed by atoms with Gasteiger partial charge in [-0.15, -0.1) is 0 Å². The number of nitrogens with one attached hydrogen (secondary N) is 3. The second-order valence-electron chi connectivity index (χ2n) is 4.54. The standard InChI is InChI=1S/C15H15N5O3/c16-15(23)20-11-4-1-3-10(7-11)14(22)18-9-13(21)19-12-5-2-6-17-8-12/h1-8H,9H2,(H,18,22)(H,19,21)(H3,16,20,23). The van der Waals surface area contributed by atoms with Crippen LogP contribution in [-0.2, 0) is 4.79 Å². The van der Waals surface area contributed by atoms with Crippen molar-refractivity contribution >= 4 is 29.2 Å². The maximum absolute atomic E-state index is 12.0. The van der Waals surface area contributed by atoms with Crippen molar-refractivity contribution in [2.24, 2.45) is 5.73 Å². The third-order valence-corrected chi connectivity index (χ3v) is 2.75. The van der Waals surface area contributed by atoms with Crippen LogP contribution < -0.4 is 21.7 Å². The Morgan fingerprint density at radius 2 is 1.83 bits per heavy atom. The minimum absolute atomic E-state index is 0.193. The number of pyridine rings is 1. The molecule has 8 heteroatoms. The van der Waals surface area contributed by atoms with Gasteiger partial charge >= 0.3 is 6.03 Å². The average Bonchev–Trinajstić information content (AvgIpc) is 2.53. The molecule has 0 radical (unpaired) electrons. The molecule has 2 aromatic rings. The summed E-state index contributed by atoms with van der Waals surface area (Å²) in [6, 6.07) is 8.85. The summed E-state index contributed by atoms with van der Waals surface area (Å²) in [4.78, 5) is 38.4. The van der Waals surface area contributed by atoms with Gasteiger partial charge < -0.3 is 21.7 Å². The summed E-state index contributed by atoms with van der Waals surface area (Å²) >= 11 is 0. The second kappa shape index (κ2) is 7.55. The van der Waals surface area contributed by atoms with Crippen LogP contribution in [0.4, 0.5) is 16.2 Å². The molecule has 0 aliphatic heterocycles. The summed E-state index contributed by atoms with van der Waals surface area (Å²) in [5.41, 5.74) is 6.25. The number of aromatic nitrogens is 1. The number of primary amides is 1. The fourth-order valence-electron chi connectivity index (χ4n) is 1.78. The smallest absolute Gasteiger partial charge is 0.316 e. The Morgan fingerprint density at radius 3 is 2.52 bits per heavy atom. The molecule has 23 heavy (non-hydrogen) atoms. The molecule has 0 bridgehead atoms. The van der Waals surface area contributed by atoms with Gasteiger partial charge in [0.2, 0.25) is 5.91 Å². The topological polar surface area (TPSA) is 126 Å². The SMILES string of the molecule is NC(=O)Nc1cccc(C(=O)NCC(=O)Nc2cccnc2)c1. The Labute approximate surface area is 132 Å². The van der Waals surface area contributed by atoms with Gasteiger partial charge in [-0.25, -0.2) is 4.79 Å². The third kappa shape index (κ3) is 5.12. The van der Waals surface area contributed by atoms with Crippen molar-refractivity contribution < 1.29 is 14.4 Å². The molecule has 0 unspecified atom stereocenters. The predicted molar refractivity (Wildman–Crippen MR) is 84.8 cm³/mol. The second-order valence-corrected chi connectivity index (χ2v) is 4.54. The molecule has 0 saturated carbocycles. The van der Waals surface area contributed by atoms with Crippen LogP contribution in [0.3, 0.4) is 0 Å². The van der Waals surface area contributed by atoms with Crippen LogP contribution in [0, 0.1) is 0 Å². The number of rotatable bonds is 5. The molecule has 0 aliphatic carbocycles. The number of benzene rings is 1. The highest BCUT2D eigenvalue weighted by Crippen LogP contribution is 2.10. The predicted octanol–water partition coefficient (Wildman–Crippen LogP) is 0.941. The lowest BCUT2D eigenvalue weighted by molar-refractivity contribution is -0.115. The van der Waals surface area contributed by atoms with E-state index in [1.807, 2.05) is 0 Å². The van der Waals surface area contributed by atoms with Crippen molar-refractivity contribution in [2.45, 2.75) is 0 Å². The van der Waals surface area contributed by atoms with Gasteiger partial charge in [0, 0.05) is 17.4 Å². The van der Waals surface area contributed by atoms with Crippen LogP contribution >= 0.6 is 0 Å². The Kier molecular flexibility index (Phi) is 5.24. The van der Waals surface area contributed by atoms with Gasteiger partial charge in [0.05, 0.1) is 18.4 Å². The minimum Gasteiger partial charge on any atom is -0.351 e. The van der Waals surface area contributed by atoms with Gasteiger partial charge in [0.15, 0.2) is 0 Å². The largest absolute Gasteiger partial charge is 0.351 e. The number of amides is 4. The minimum atomic E-state index is -0.724. The molecule has 0 saturated heterocycles. The van der Waals surface area contributed by atoms with Crippen LogP contribution in [0.15, 0.2) is 48.8 Å². The number of hydrogen-bond donors (Lipinski definition) is 4. The number of nitrogens with zero attached hydrogens (tertiary/aromatic N) is 1. The van der Waals surface area contributed by atoms with E-state index in [1.165, 1.54) is 12.3 Å². The summed E-state index contributed by atoms with van der Waals surface area (Å²) in [5, 5.41) is 7.45. The Balaban J connectivity index is 1.89. The molecule has 1 aromatic carbocycles. The van der Waals surface area contributed by atoms with Crippen molar-refractivity contribution in [2.75, 3.05) is 17.2 Å². The van der Waals surface area contributed by atoms with Gasteiger partial charge in [-0.3, -0.25) is 14.6 Å². The van der Waals surface area contributed by atoms with E-state index in [4.69, 9.17) is 5.73 Å². The van der Waals surface area contributed by atoms with E-state index in [9.17, 15) is 14.4 Å². The maximum atomic E-state index is 12.0. The zero-order chi connectivity index (χ0) is 16.7. The van der Waals surface area contributed by atoms with E-state index in [1.54, 1.807) is 36.5 Å². The first-order valence-corrected chi connectivity index (χ1v) is 6.69. The third-order valence-electron chi connectivity index (χ3n) is 2.75. The van der Waals surface area contributed by atoms with E-state index < -0.39 is 11.9 Å². The molecule has 0 fully saturated rings. The van der Waals surface area contributed by atoms with E-state index in [0.717, 1.165) is 0 Å². The van der Waals surface area contributed by atoms with E-state index in [2.05, 4.69) is 20.9 Å². The zero-order valence-electron chi connectivity index (χ0n) is 12.1. The summed E-state index contributed by atoms with van der Waals surface area (Å²) in [5.74, 6) is -0.822. The molecule has 8 nitrogen and oxygen atoms in total. The lowest BCUT2D eigenvalue weighted by Gasteiger charge is -2.08. The van der Waals surface area contributed by atoms with E-state index in [0.29, 0.717) is 16.9 Å². The maximum Gasteiger partial charge on any atom is 0.316 e. The van der Waals surface area contributed by atoms with Crippen LogP contribution in [0.25, 0.3) is 0 Å². The van der Waals surface area contributed by atoms with Crippen LogP contribution in [-0.4, -0.2) is 29.4 Å². The number of urea groups is 1. The van der Waals surface area contributed by atoms with Gasteiger partial charge in [-0.2, -0.15) is 0 Å². The summed E-state index contributed by atoms with van der Waals surface area (Å²) in [7, 11) is 0. The summed E-state index contributed by atoms with van der Waals surface area (Å²) < 4.78 is 0. The molecule has 1 heterocycles. The monoisotopic (exact) mass is 313 g/mol. The molecule has 4 amide bonds. The Bertz CT molecular complexity index is 718. The van der Waals surface area contributed by atoms with Gasteiger partial charge in [0.1, 0.15) is 0 Å². The van der Waals surface area contributed by atoms with Crippen LogP contribution in [0.1, 0.15) is 10.4 Å². The van der Waals surface area contributed by atoms with Gasteiger partial charge in [0.25, 0.3) is 5.91 Å². The van der Waals surface area contributed by atoms with Crippen LogP contribution in [0.2, 0.25) is 0 Å². The summed E-state index contributed by atoms with van der Waals surface area (Å²) in [6.45, 7) is -0.193. The number of hydrogen-bond acceptors (Lipinski definition) is 4. The van der Waals surface area contributed by atoms with E-state index in [-0.39, 0.29) is 12.5 Å². The average molecular weight is 313 g/mol. The van der Waals surface area contributed by atoms with Crippen molar-refractivity contribution in [3.63, 3.8) is 0 Å². The normalized spacial score (nSPS) is 9.74. The Hall–Kier alpha value is -3.42. The molecule has 1 aromatic heterocycles. The van der Waals surface area contributed by atoms with Gasteiger partial charge in [-0.05, 0) is 30.3 Å². The van der Waals surface area contributed by atoms with Crippen molar-refractivity contribution in [3.8, 4) is 0 Å². The molecular weight excluding hydrogens is 298 g/mol. The first-order chi connectivity index (χ1) is 11.0. The lowest BCUT2D eigenvalue weighted by Crippen LogP contribution is -2.32. The molecule has 5 N–H and O–H groups in total. The lowest BCUT2D eigenvalue weighted by atomic mass is 10.2. The number of carbonyl (C=O) groups excluding carboxylic acids is 3. The van der Waals surface area contributed by atoms with Crippen molar-refractivity contribution in [3.05, 3.63) is 54.4 Å². The fraction of sp³-hybridized carbons (Fsp3) is 0.0667. The quantitative estimate of drug-likeness (QED) is 0.655. The zero-order valence-corrected chi connectivity index (χ0v) is 12.1. The first-order valence-electron chi connectivity index (χ1n) is 6.69. The molecule has 0 spiro atoms. The van der Waals surface area contributed by atoms with Crippen molar-refractivity contribution in [1.29, 1.82) is 0 Å². The van der Waals surface area contributed by atoms with Gasteiger partial charge in [-0.1, -0.05) is 6.07 Å². The van der Waals surface area contributed by atoms with Crippen molar-refractivity contribution in [1.82, 2.24) is 10.3 Å². The number of nitrogens with two attached hydrogens (primary N) is 1. The molecule has 2 rings (SSSR count). The molecular formula is C15H15N5O3. The fourth-order valence-corrected chi connectivity index (χ4v) is 1.78. The van der Waals surface area contributed by atoms with Crippen LogP contribution in [0.5, 0.6) is 0 Å². The van der Waals surface area contributed by atoms with E-state index >= 15 is 0 Å². The summed E-state index contributed by atoms with van der Waals surface area (Å²) in [6.07, 6.45) is 3.09. The number of carbonyl (C=O) groups is 3. The molecule has 0 atom stereocenters. The highest BCUT2D eigenvalue weighted by molar-refractivity contribution is 6.00. The first kappa shape index (κ1) is 16.0. The molecule has 0 aliphatic rings. The number of anilines is 2. The highest BCUT2D eigenvalue weighted by Gasteiger charge is 2.09. The Morgan fingerprint density at radius 1 is 1.04 bits per heavy atom.